The van der Waals surface area contributed by atoms with Crippen molar-refractivity contribution in [2.75, 3.05) is 0 Å². The molecule has 2 aromatic heterocycles. The van der Waals surface area contributed by atoms with E-state index in [2.05, 4.69) is 79.0 Å². The Hall–Kier alpha value is -2.88. The first-order valence-electron chi connectivity index (χ1n) is 11.5. The number of phenols is 2. The summed E-state index contributed by atoms with van der Waals surface area (Å²) in [5, 5.41) is 19.2. The zero-order valence-electron chi connectivity index (χ0n) is 19.0. The van der Waals surface area contributed by atoms with E-state index in [0.717, 1.165) is 24.9 Å². The number of aromatic nitrogens is 2. The second-order valence-electron chi connectivity index (χ2n) is 8.59. The molecule has 0 aliphatic carbocycles. The predicted molar refractivity (Wildman–Crippen MR) is 123 cm³/mol. The summed E-state index contributed by atoms with van der Waals surface area (Å²) in [4.78, 5) is 0. The summed E-state index contributed by atoms with van der Waals surface area (Å²) in [6.45, 7) is 8.57. The first-order valence-corrected chi connectivity index (χ1v) is 11.5. The van der Waals surface area contributed by atoms with E-state index in [1.54, 1.807) is 6.07 Å². The lowest BCUT2D eigenvalue weighted by atomic mass is 9.85. The van der Waals surface area contributed by atoms with E-state index < -0.39 is 0 Å². The molecule has 3 aromatic rings. The Morgan fingerprint density at radius 1 is 0.806 bits per heavy atom. The van der Waals surface area contributed by atoms with Gasteiger partial charge in [0, 0.05) is 36.2 Å². The highest BCUT2D eigenvalue weighted by Crippen LogP contribution is 2.31. The molecular formula is C27H36N2O2+2. The molecule has 0 saturated heterocycles. The molecule has 0 spiro atoms. The van der Waals surface area contributed by atoms with Gasteiger partial charge in [-0.05, 0) is 54.0 Å². The summed E-state index contributed by atoms with van der Waals surface area (Å²) < 4.78 is 4.37. The Labute approximate surface area is 186 Å². The lowest BCUT2D eigenvalue weighted by Gasteiger charge is -2.20. The van der Waals surface area contributed by atoms with Crippen LogP contribution in [0, 0.1) is 0 Å². The number of aromatic hydroxyl groups is 2. The normalized spacial score (nSPS) is 13.1. The molecule has 2 atom stereocenters. The van der Waals surface area contributed by atoms with Gasteiger partial charge in [-0.25, -0.2) is 9.13 Å². The lowest BCUT2D eigenvalue weighted by Crippen LogP contribution is -2.33. The predicted octanol–water partition coefficient (Wildman–Crippen LogP) is 5.21. The van der Waals surface area contributed by atoms with Crippen LogP contribution in [0.25, 0.3) is 0 Å². The van der Waals surface area contributed by atoms with Crippen molar-refractivity contribution in [2.45, 2.75) is 71.4 Å². The molecule has 2 N–H and O–H groups in total. The Bertz CT molecular complexity index is 952. The topological polar surface area (TPSA) is 48.2 Å². The Balaban J connectivity index is 1.62. The highest BCUT2D eigenvalue weighted by atomic mass is 16.3. The van der Waals surface area contributed by atoms with E-state index in [9.17, 15) is 10.2 Å². The van der Waals surface area contributed by atoms with Crippen LogP contribution in [0.3, 0.4) is 0 Å². The van der Waals surface area contributed by atoms with Crippen LogP contribution in [0.5, 0.6) is 11.5 Å². The molecule has 31 heavy (non-hydrogen) atoms. The maximum Gasteiger partial charge on any atom is 0.173 e. The van der Waals surface area contributed by atoms with Gasteiger partial charge >= 0.3 is 0 Å². The zero-order valence-corrected chi connectivity index (χ0v) is 19.0. The van der Waals surface area contributed by atoms with Crippen LogP contribution in [0.15, 0.2) is 67.3 Å². The van der Waals surface area contributed by atoms with Gasteiger partial charge in [0.25, 0.3) is 0 Å². The molecule has 2 unspecified atom stereocenters. The summed E-state index contributed by atoms with van der Waals surface area (Å²) >= 11 is 0. The standard InChI is InChI=1S/C27H34N2O2/c1-4-6-13-28-14-11-25(12-15-28)23(5-2)18-21(3)24-9-16-29(17-10-24)20-22-7-8-26(30)27(31)19-22/h7-12,14-17,19,21,23H,4-6,13,18,20H2,1-3H3/p+2. The molecule has 1 aromatic carbocycles. The van der Waals surface area contributed by atoms with Crippen LogP contribution in [-0.4, -0.2) is 10.2 Å². The van der Waals surface area contributed by atoms with Crippen LogP contribution < -0.4 is 9.13 Å². The molecule has 3 rings (SSSR count). The van der Waals surface area contributed by atoms with Crippen LogP contribution in [-0.2, 0) is 13.1 Å². The fourth-order valence-corrected chi connectivity index (χ4v) is 4.11. The van der Waals surface area contributed by atoms with Crippen molar-refractivity contribution < 1.29 is 19.3 Å². The van der Waals surface area contributed by atoms with E-state index in [1.165, 1.54) is 30.0 Å². The van der Waals surface area contributed by atoms with Gasteiger partial charge in [0.2, 0.25) is 0 Å². The quantitative estimate of drug-likeness (QED) is 0.349. The lowest BCUT2D eigenvalue weighted by molar-refractivity contribution is -0.697. The molecular weight excluding hydrogens is 384 g/mol. The number of phenolic OH excluding ortho intramolecular Hbond substituents is 2. The molecule has 164 valence electrons. The molecule has 4 nitrogen and oxygen atoms in total. The molecule has 0 bridgehead atoms. The second-order valence-corrected chi connectivity index (χ2v) is 8.59. The molecule has 4 heteroatoms. The minimum Gasteiger partial charge on any atom is -0.504 e. The third kappa shape index (κ3) is 6.30. The molecule has 0 fully saturated rings. The summed E-state index contributed by atoms with van der Waals surface area (Å²) in [6.07, 6.45) is 13.4. The Morgan fingerprint density at radius 3 is 2.06 bits per heavy atom. The summed E-state index contributed by atoms with van der Waals surface area (Å²) in [7, 11) is 0. The minimum absolute atomic E-state index is 0.0780. The maximum atomic E-state index is 9.69. The highest BCUT2D eigenvalue weighted by molar-refractivity contribution is 5.40. The maximum absolute atomic E-state index is 9.69. The summed E-state index contributed by atoms with van der Waals surface area (Å²) in [5.74, 6) is 0.871. The fraction of sp³-hybridized carbons (Fsp3) is 0.407. The van der Waals surface area contributed by atoms with E-state index in [0.29, 0.717) is 18.4 Å². The number of pyridine rings is 2. The van der Waals surface area contributed by atoms with Crippen molar-refractivity contribution in [1.82, 2.24) is 0 Å². The van der Waals surface area contributed by atoms with Gasteiger partial charge in [-0.3, -0.25) is 0 Å². The molecule has 0 radical (unpaired) electrons. The fourth-order valence-electron chi connectivity index (χ4n) is 4.11. The van der Waals surface area contributed by atoms with Crippen molar-refractivity contribution in [3.8, 4) is 11.5 Å². The minimum atomic E-state index is -0.0856. The number of unbranched alkanes of at least 4 members (excludes halogenated alkanes) is 1. The molecule has 0 aliphatic rings. The van der Waals surface area contributed by atoms with Gasteiger partial charge in [-0.2, -0.15) is 0 Å². The highest BCUT2D eigenvalue weighted by Gasteiger charge is 2.17. The smallest absolute Gasteiger partial charge is 0.173 e. The van der Waals surface area contributed by atoms with Crippen LogP contribution in [0.4, 0.5) is 0 Å². The van der Waals surface area contributed by atoms with Gasteiger partial charge in [-0.15, -0.1) is 0 Å². The van der Waals surface area contributed by atoms with Crippen LogP contribution in [0.2, 0.25) is 0 Å². The molecule has 0 saturated carbocycles. The number of nitrogens with zero attached hydrogens (tertiary/aromatic N) is 2. The average molecular weight is 421 g/mol. The Kier molecular flexibility index (Phi) is 8.05. The summed E-state index contributed by atoms with van der Waals surface area (Å²) in [5.41, 5.74) is 3.73. The summed E-state index contributed by atoms with van der Waals surface area (Å²) in [6, 6.07) is 13.9. The van der Waals surface area contributed by atoms with E-state index in [-0.39, 0.29) is 11.5 Å². The number of aryl methyl sites for hydroxylation is 1. The van der Waals surface area contributed by atoms with Gasteiger partial charge in [0.15, 0.2) is 42.8 Å². The van der Waals surface area contributed by atoms with Crippen LogP contribution in [0.1, 0.15) is 75.0 Å². The number of hydrogen-bond donors (Lipinski definition) is 2. The van der Waals surface area contributed by atoms with Crippen LogP contribution >= 0.6 is 0 Å². The first kappa shape index (κ1) is 22.8. The van der Waals surface area contributed by atoms with Gasteiger partial charge < -0.3 is 10.2 Å². The largest absolute Gasteiger partial charge is 0.504 e. The van der Waals surface area contributed by atoms with Crippen molar-refractivity contribution in [1.29, 1.82) is 0 Å². The average Bonchev–Trinajstić information content (AvgIpc) is 2.79. The third-order valence-electron chi connectivity index (χ3n) is 6.18. The van der Waals surface area contributed by atoms with E-state index >= 15 is 0 Å². The van der Waals surface area contributed by atoms with Crippen molar-refractivity contribution in [3.05, 3.63) is 83.9 Å². The van der Waals surface area contributed by atoms with Gasteiger partial charge in [-0.1, -0.05) is 27.2 Å². The van der Waals surface area contributed by atoms with Crippen molar-refractivity contribution >= 4 is 0 Å². The van der Waals surface area contributed by atoms with E-state index in [1.807, 2.05) is 6.07 Å². The zero-order chi connectivity index (χ0) is 22.2. The van der Waals surface area contributed by atoms with Gasteiger partial charge in [0.05, 0.1) is 0 Å². The number of hydrogen-bond acceptors (Lipinski definition) is 2. The van der Waals surface area contributed by atoms with Gasteiger partial charge in [0.1, 0.15) is 6.54 Å². The monoisotopic (exact) mass is 420 g/mol. The van der Waals surface area contributed by atoms with E-state index in [4.69, 9.17) is 0 Å². The molecule has 0 amide bonds. The number of rotatable bonds is 10. The SMILES string of the molecule is CCCC[n+]1ccc(C(CC)CC(C)c2cc[n+](Cc3ccc(O)c(O)c3)cc2)cc1. The van der Waals surface area contributed by atoms with Crippen molar-refractivity contribution in [2.24, 2.45) is 0 Å². The first-order chi connectivity index (χ1) is 15.0. The molecule has 0 aliphatic heterocycles. The number of benzene rings is 1. The molecule has 2 heterocycles. The second kappa shape index (κ2) is 10.9. The van der Waals surface area contributed by atoms with Crippen molar-refractivity contribution in [3.63, 3.8) is 0 Å². The Morgan fingerprint density at radius 2 is 1.45 bits per heavy atom. The third-order valence-corrected chi connectivity index (χ3v) is 6.18.